The molecule has 0 aliphatic carbocycles. The number of carbonyl (C=O) groups is 1. The molecule has 0 heterocycles. The van der Waals surface area contributed by atoms with E-state index in [1.165, 1.54) is 10.6 Å². The lowest BCUT2D eigenvalue weighted by molar-refractivity contribution is 0.0697. The van der Waals surface area contributed by atoms with Crippen molar-refractivity contribution < 1.29 is 9.90 Å². The molecule has 0 bridgehead atoms. The fraction of sp³-hybridized carbons (Fsp3) is 0.0500. The molecule has 0 saturated heterocycles. The van der Waals surface area contributed by atoms with Crippen LogP contribution in [0.25, 0.3) is 0 Å². The third kappa shape index (κ3) is 4.01. The smallest absolute Gasteiger partial charge is 0.335 e. The summed E-state index contributed by atoms with van der Waals surface area (Å²) < 4.78 is 0. The van der Waals surface area contributed by atoms with Crippen molar-refractivity contribution in [2.45, 2.75) is 0 Å². The highest BCUT2D eigenvalue weighted by Gasteiger charge is 2.13. The van der Waals surface area contributed by atoms with E-state index in [-0.39, 0.29) is 0 Å². The van der Waals surface area contributed by atoms with Crippen LogP contribution in [0.1, 0.15) is 10.4 Å². The molecule has 0 radical (unpaired) electrons. The Morgan fingerprint density at radius 2 is 1.29 bits per heavy atom. The van der Waals surface area contributed by atoms with Crippen molar-refractivity contribution in [1.29, 1.82) is 0 Å². The Hall–Kier alpha value is -2.64. The molecule has 0 saturated carbocycles. The molecule has 0 unspecified atom stereocenters. The minimum atomic E-state index is -0.905. The summed E-state index contributed by atoms with van der Waals surface area (Å²) in [6, 6.07) is 27.8. The second kappa shape index (κ2) is 7.76. The van der Waals surface area contributed by atoms with Gasteiger partial charge in [0.1, 0.15) is 0 Å². The summed E-state index contributed by atoms with van der Waals surface area (Å²) >= 11 is 0. The van der Waals surface area contributed by atoms with Gasteiger partial charge in [-0.3, -0.25) is 0 Å². The van der Waals surface area contributed by atoms with Gasteiger partial charge in [0.25, 0.3) is 0 Å². The fourth-order valence-corrected chi connectivity index (χ4v) is 4.52. The van der Waals surface area contributed by atoms with Gasteiger partial charge in [0.15, 0.2) is 0 Å². The minimum absolute atomic E-state index is 0.300. The van der Waals surface area contributed by atoms with Crippen molar-refractivity contribution in [1.82, 2.24) is 0 Å². The average Bonchev–Trinajstić information content (AvgIpc) is 2.64. The molecule has 2 N–H and O–H groups in total. The zero-order valence-corrected chi connectivity index (χ0v) is 14.0. The molecule has 4 heteroatoms. The highest BCUT2D eigenvalue weighted by atomic mass is 31.1. The first-order valence-corrected chi connectivity index (χ1v) is 9.21. The Kier molecular flexibility index (Phi) is 5.25. The molecule has 3 aromatic carbocycles. The van der Waals surface area contributed by atoms with Crippen LogP contribution in [-0.4, -0.2) is 17.4 Å². The van der Waals surface area contributed by atoms with Gasteiger partial charge in [0.2, 0.25) is 0 Å². The van der Waals surface area contributed by atoms with E-state index in [0.717, 1.165) is 12.0 Å². The van der Waals surface area contributed by atoms with Crippen LogP contribution in [0.15, 0.2) is 84.9 Å². The molecule has 0 fully saturated rings. The lowest BCUT2D eigenvalue weighted by Crippen LogP contribution is -2.17. The van der Waals surface area contributed by atoms with Gasteiger partial charge in [0, 0.05) is 12.0 Å². The van der Waals surface area contributed by atoms with Crippen molar-refractivity contribution in [2.24, 2.45) is 0 Å². The van der Waals surface area contributed by atoms with Crippen LogP contribution in [0, 0.1) is 0 Å². The number of hydrogen-bond donors (Lipinski definition) is 2. The standard InChI is InChI=1S/C20H18NO2P/c22-20(23)16-11-13-17(14-12-16)21-15-24(18-7-3-1-4-8-18)19-9-5-2-6-10-19/h1-14,21H,15H2,(H,22,23). The lowest BCUT2D eigenvalue weighted by atomic mass is 10.2. The van der Waals surface area contributed by atoms with Gasteiger partial charge < -0.3 is 10.4 Å². The summed E-state index contributed by atoms with van der Waals surface area (Å²) in [7, 11) is -0.522. The topological polar surface area (TPSA) is 49.3 Å². The molecule has 0 atom stereocenters. The molecule has 3 aromatic rings. The molecule has 0 amide bonds. The zero-order chi connectivity index (χ0) is 16.8. The average molecular weight is 335 g/mol. The SMILES string of the molecule is O=C(O)c1ccc(NCP(c2ccccc2)c2ccccc2)cc1. The van der Waals surface area contributed by atoms with Crippen molar-refractivity contribution in [3.05, 3.63) is 90.5 Å². The summed E-state index contributed by atoms with van der Waals surface area (Å²) in [6.07, 6.45) is 0.801. The van der Waals surface area contributed by atoms with Gasteiger partial charge >= 0.3 is 5.97 Å². The van der Waals surface area contributed by atoms with E-state index < -0.39 is 13.9 Å². The van der Waals surface area contributed by atoms with Crippen molar-refractivity contribution in [3.63, 3.8) is 0 Å². The molecule has 24 heavy (non-hydrogen) atoms. The second-order valence-electron chi connectivity index (χ2n) is 5.32. The Morgan fingerprint density at radius 3 is 1.75 bits per heavy atom. The van der Waals surface area contributed by atoms with Crippen molar-refractivity contribution in [2.75, 3.05) is 11.6 Å². The van der Waals surface area contributed by atoms with E-state index in [0.29, 0.717) is 5.56 Å². The van der Waals surface area contributed by atoms with Gasteiger partial charge in [-0.2, -0.15) is 0 Å². The molecular weight excluding hydrogens is 317 g/mol. The summed E-state index contributed by atoms with van der Waals surface area (Å²) in [6.45, 7) is 0. The van der Waals surface area contributed by atoms with Crippen LogP contribution in [0.4, 0.5) is 5.69 Å². The molecule has 3 nitrogen and oxygen atoms in total. The summed E-state index contributed by atoms with van der Waals surface area (Å²) in [5, 5.41) is 15.0. The number of hydrogen-bond acceptors (Lipinski definition) is 2. The summed E-state index contributed by atoms with van der Waals surface area (Å²) in [4.78, 5) is 10.9. The zero-order valence-electron chi connectivity index (χ0n) is 13.1. The van der Waals surface area contributed by atoms with Crippen LogP contribution in [0.3, 0.4) is 0 Å². The van der Waals surface area contributed by atoms with Crippen LogP contribution in [-0.2, 0) is 0 Å². The number of benzene rings is 3. The lowest BCUT2D eigenvalue weighted by Gasteiger charge is -2.20. The van der Waals surface area contributed by atoms with Gasteiger partial charge in [-0.05, 0) is 42.8 Å². The number of anilines is 1. The molecule has 0 spiro atoms. The third-order valence-electron chi connectivity index (χ3n) is 3.71. The molecule has 0 aliphatic heterocycles. The fourth-order valence-electron chi connectivity index (χ4n) is 2.45. The predicted octanol–water partition coefficient (Wildman–Crippen LogP) is 3.89. The summed E-state index contributed by atoms with van der Waals surface area (Å²) in [5.41, 5.74) is 1.23. The van der Waals surface area contributed by atoms with E-state index in [9.17, 15) is 4.79 Å². The third-order valence-corrected chi connectivity index (χ3v) is 6.03. The monoisotopic (exact) mass is 335 g/mol. The van der Waals surface area contributed by atoms with E-state index in [1.807, 2.05) is 24.3 Å². The Bertz CT molecular complexity index is 749. The first-order chi connectivity index (χ1) is 11.7. The van der Waals surface area contributed by atoms with Crippen LogP contribution >= 0.6 is 7.92 Å². The van der Waals surface area contributed by atoms with Crippen molar-refractivity contribution in [3.8, 4) is 0 Å². The van der Waals surface area contributed by atoms with E-state index in [4.69, 9.17) is 5.11 Å². The first kappa shape index (κ1) is 16.2. The molecule has 3 rings (SSSR count). The van der Waals surface area contributed by atoms with Crippen LogP contribution in [0.5, 0.6) is 0 Å². The van der Waals surface area contributed by atoms with Crippen LogP contribution < -0.4 is 15.9 Å². The normalized spacial score (nSPS) is 10.5. The number of rotatable bonds is 6. The van der Waals surface area contributed by atoms with Gasteiger partial charge in [0.05, 0.1) is 5.56 Å². The quantitative estimate of drug-likeness (QED) is 0.672. The maximum Gasteiger partial charge on any atom is 0.335 e. The van der Waals surface area contributed by atoms with E-state index in [1.54, 1.807) is 12.1 Å². The predicted molar refractivity (Wildman–Crippen MR) is 101 cm³/mol. The molecule has 120 valence electrons. The Morgan fingerprint density at radius 1 is 0.792 bits per heavy atom. The van der Waals surface area contributed by atoms with Gasteiger partial charge in [-0.25, -0.2) is 4.79 Å². The largest absolute Gasteiger partial charge is 0.478 e. The highest BCUT2D eigenvalue weighted by Crippen LogP contribution is 2.33. The number of carboxylic acid groups (broad SMARTS) is 1. The molecule has 0 aromatic heterocycles. The molecule has 0 aliphatic rings. The maximum absolute atomic E-state index is 10.9. The molecular formula is C20H18NO2P. The first-order valence-electron chi connectivity index (χ1n) is 7.69. The van der Waals surface area contributed by atoms with Gasteiger partial charge in [-0.15, -0.1) is 0 Å². The van der Waals surface area contributed by atoms with Crippen LogP contribution in [0.2, 0.25) is 0 Å². The number of aromatic carboxylic acids is 1. The van der Waals surface area contributed by atoms with E-state index in [2.05, 4.69) is 53.8 Å². The Labute approximate surface area is 142 Å². The van der Waals surface area contributed by atoms with Gasteiger partial charge in [-0.1, -0.05) is 60.7 Å². The summed E-state index contributed by atoms with van der Waals surface area (Å²) in [5.74, 6) is -0.905. The number of carboxylic acids is 1. The highest BCUT2D eigenvalue weighted by molar-refractivity contribution is 7.73. The Balaban J connectivity index is 1.79. The number of nitrogens with one attached hydrogen (secondary N) is 1. The van der Waals surface area contributed by atoms with E-state index >= 15 is 0 Å². The second-order valence-corrected chi connectivity index (χ2v) is 7.52. The maximum atomic E-state index is 10.9. The van der Waals surface area contributed by atoms with Crippen molar-refractivity contribution >= 4 is 30.2 Å². The minimum Gasteiger partial charge on any atom is -0.478 e.